The smallest absolute Gasteiger partial charge is 0.174 e. The van der Waals surface area contributed by atoms with E-state index in [2.05, 4.69) is 55.2 Å². The van der Waals surface area contributed by atoms with E-state index in [1.165, 1.54) is 0 Å². The van der Waals surface area contributed by atoms with Crippen LogP contribution < -0.4 is 15.0 Å². The SMILES string of the molecule is Cc1ccccc1Oc1ccc(N2C(=S)N[C@@H](c3ccccn3)[C@@H]2c2cccn2Cc2ccccn2)cc1. The van der Waals surface area contributed by atoms with Gasteiger partial charge in [-0.1, -0.05) is 30.3 Å². The molecule has 2 atom stereocenters. The Hall–Kier alpha value is -4.49. The molecule has 1 N–H and O–H groups in total. The number of benzene rings is 2. The van der Waals surface area contributed by atoms with Crippen molar-refractivity contribution in [3.63, 3.8) is 0 Å². The average molecular weight is 518 g/mol. The largest absolute Gasteiger partial charge is 0.457 e. The fraction of sp³-hybridized carbons (Fsp3) is 0.129. The molecule has 6 nitrogen and oxygen atoms in total. The predicted octanol–water partition coefficient (Wildman–Crippen LogP) is 6.60. The molecule has 1 aliphatic heterocycles. The summed E-state index contributed by atoms with van der Waals surface area (Å²) >= 11 is 5.91. The van der Waals surface area contributed by atoms with E-state index < -0.39 is 0 Å². The summed E-state index contributed by atoms with van der Waals surface area (Å²) in [6.45, 7) is 2.71. The van der Waals surface area contributed by atoms with Gasteiger partial charge in [0.25, 0.3) is 0 Å². The molecule has 7 heteroatoms. The summed E-state index contributed by atoms with van der Waals surface area (Å²) < 4.78 is 8.38. The van der Waals surface area contributed by atoms with Gasteiger partial charge < -0.3 is 19.5 Å². The van der Waals surface area contributed by atoms with Crippen LogP contribution in [0.5, 0.6) is 11.5 Å². The van der Waals surface area contributed by atoms with Crippen LogP contribution in [0.15, 0.2) is 116 Å². The molecule has 1 fully saturated rings. The zero-order chi connectivity index (χ0) is 25.9. The van der Waals surface area contributed by atoms with E-state index in [0.29, 0.717) is 11.7 Å². The van der Waals surface area contributed by atoms with E-state index in [1.807, 2.05) is 92.1 Å². The molecule has 0 amide bonds. The molecule has 0 spiro atoms. The maximum absolute atomic E-state index is 6.14. The number of nitrogens with zero attached hydrogens (tertiary/aromatic N) is 4. The highest BCUT2D eigenvalue weighted by atomic mass is 32.1. The van der Waals surface area contributed by atoms with Crippen molar-refractivity contribution in [2.24, 2.45) is 0 Å². The number of thiocarbonyl (C=S) groups is 1. The minimum absolute atomic E-state index is 0.112. The molecule has 0 radical (unpaired) electrons. The minimum Gasteiger partial charge on any atom is -0.457 e. The summed E-state index contributed by atoms with van der Waals surface area (Å²) in [5.41, 5.74) is 5.13. The van der Waals surface area contributed by atoms with Crippen LogP contribution in [0.4, 0.5) is 5.69 Å². The van der Waals surface area contributed by atoms with E-state index in [0.717, 1.165) is 39.8 Å². The van der Waals surface area contributed by atoms with Gasteiger partial charge in [-0.15, -0.1) is 0 Å². The van der Waals surface area contributed by atoms with Gasteiger partial charge in [0.15, 0.2) is 5.11 Å². The molecule has 1 aliphatic rings. The number of rotatable bonds is 7. The van der Waals surface area contributed by atoms with Crippen molar-refractivity contribution < 1.29 is 4.74 Å². The van der Waals surface area contributed by atoms with Gasteiger partial charge in [-0.25, -0.2) is 0 Å². The number of nitrogens with one attached hydrogen (secondary N) is 1. The van der Waals surface area contributed by atoms with Gasteiger partial charge in [-0.2, -0.15) is 0 Å². The average Bonchev–Trinajstić information content (AvgIpc) is 3.55. The van der Waals surface area contributed by atoms with Crippen LogP contribution in [-0.4, -0.2) is 19.6 Å². The Kier molecular flexibility index (Phi) is 6.58. The van der Waals surface area contributed by atoms with Crippen LogP contribution in [0.1, 0.15) is 34.7 Å². The highest BCUT2D eigenvalue weighted by Crippen LogP contribution is 2.42. The van der Waals surface area contributed by atoms with Gasteiger partial charge in [-0.05, 0) is 91.4 Å². The Bertz CT molecular complexity index is 1540. The zero-order valence-corrected chi connectivity index (χ0v) is 21.8. The van der Waals surface area contributed by atoms with Gasteiger partial charge in [0.05, 0.1) is 24.0 Å². The van der Waals surface area contributed by atoms with Crippen LogP contribution in [0, 0.1) is 6.92 Å². The second kappa shape index (κ2) is 10.5. The van der Waals surface area contributed by atoms with E-state index in [4.69, 9.17) is 17.0 Å². The summed E-state index contributed by atoms with van der Waals surface area (Å²) in [4.78, 5) is 11.4. The zero-order valence-electron chi connectivity index (χ0n) is 20.9. The highest BCUT2D eigenvalue weighted by Gasteiger charge is 2.42. The van der Waals surface area contributed by atoms with Crippen molar-refractivity contribution >= 4 is 23.0 Å². The summed E-state index contributed by atoms with van der Waals surface area (Å²) in [5, 5.41) is 4.20. The summed E-state index contributed by atoms with van der Waals surface area (Å²) in [5.74, 6) is 1.62. The lowest BCUT2D eigenvalue weighted by molar-refractivity contribution is 0.479. The van der Waals surface area contributed by atoms with Crippen LogP contribution in [-0.2, 0) is 6.54 Å². The third-order valence-corrected chi connectivity index (χ3v) is 7.08. The molecule has 5 aromatic rings. The number of pyridine rings is 2. The molecule has 0 bridgehead atoms. The van der Waals surface area contributed by atoms with Gasteiger partial charge in [-0.3, -0.25) is 9.97 Å². The van der Waals surface area contributed by atoms with Crippen molar-refractivity contribution in [3.05, 3.63) is 138 Å². The summed E-state index contributed by atoms with van der Waals surface area (Å²) in [7, 11) is 0. The first kappa shape index (κ1) is 23.9. The molecular formula is C31H27N5OS. The fourth-order valence-corrected chi connectivity index (χ4v) is 5.26. The molecule has 1 saturated heterocycles. The molecule has 38 heavy (non-hydrogen) atoms. The molecule has 2 aromatic carbocycles. The van der Waals surface area contributed by atoms with Gasteiger partial charge in [0, 0.05) is 30.0 Å². The van der Waals surface area contributed by atoms with Crippen LogP contribution in [0.25, 0.3) is 0 Å². The van der Waals surface area contributed by atoms with E-state index >= 15 is 0 Å². The lowest BCUT2D eigenvalue weighted by atomic mass is 10.0. The number of aromatic nitrogens is 3. The standard InChI is InChI=1S/C31H27N5OS/c1-22-9-2-3-13-28(22)37-25-16-14-24(15-17-25)36-30(29(34-31(36)38)26-11-5-7-19-33-26)27-12-8-20-35(27)21-23-10-4-6-18-32-23/h2-20,29-30H,21H2,1H3,(H,34,38)/t29-,30-/m0/s1. The van der Waals surface area contributed by atoms with E-state index in [1.54, 1.807) is 0 Å². The van der Waals surface area contributed by atoms with E-state index in [-0.39, 0.29) is 12.1 Å². The van der Waals surface area contributed by atoms with Gasteiger partial charge in [0.2, 0.25) is 0 Å². The molecule has 0 unspecified atom stereocenters. The number of aryl methyl sites for hydroxylation is 1. The molecule has 0 saturated carbocycles. The Morgan fingerprint density at radius 1 is 0.842 bits per heavy atom. The van der Waals surface area contributed by atoms with Crippen molar-refractivity contribution in [1.29, 1.82) is 0 Å². The fourth-order valence-electron chi connectivity index (χ4n) is 4.91. The van der Waals surface area contributed by atoms with Crippen molar-refractivity contribution in [2.75, 3.05) is 4.90 Å². The van der Waals surface area contributed by atoms with Crippen molar-refractivity contribution in [3.8, 4) is 11.5 Å². The Morgan fingerprint density at radius 3 is 2.34 bits per heavy atom. The quantitative estimate of drug-likeness (QED) is 0.245. The molecule has 6 rings (SSSR count). The topological polar surface area (TPSA) is 55.2 Å². The van der Waals surface area contributed by atoms with Gasteiger partial charge in [0.1, 0.15) is 17.5 Å². The summed E-state index contributed by atoms with van der Waals surface area (Å²) in [6.07, 6.45) is 5.75. The second-order valence-electron chi connectivity index (χ2n) is 9.24. The van der Waals surface area contributed by atoms with Crippen molar-refractivity contribution in [2.45, 2.75) is 25.6 Å². The first-order valence-corrected chi connectivity index (χ1v) is 13.0. The molecule has 4 heterocycles. The Morgan fingerprint density at radius 2 is 1.61 bits per heavy atom. The molecular weight excluding hydrogens is 490 g/mol. The van der Waals surface area contributed by atoms with Gasteiger partial charge >= 0.3 is 0 Å². The lowest BCUT2D eigenvalue weighted by Crippen LogP contribution is -2.30. The number of ether oxygens (including phenoxy) is 1. The third kappa shape index (κ3) is 4.76. The van der Waals surface area contributed by atoms with Crippen LogP contribution >= 0.6 is 12.2 Å². The van der Waals surface area contributed by atoms with E-state index in [9.17, 15) is 0 Å². The molecule has 188 valence electrons. The summed E-state index contributed by atoms with van der Waals surface area (Å²) in [6, 6.07) is 32.1. The Balaban J connectivity index is 1.36. The first-order chi connectivity index (χ1) is 18.7. The third-order valence-electron chi connectivity index (χ3n) is 6.76. The van der Waals surface area contributed by atoms with Crippen LogP contribution in [0.3, 0.4) is 0 Å². The monoisotopic (exact) mass is 517 g/mol. The minimum atomic E-state index is -0.121. The lowest BCUT2D eigenvalue weighted by Gasteiger charge is -2.29. The second-order valence-corrected chi connectivity index (χ2v) is 9.63. The maximum atomic E-state index is 6.14. The maximum Gasteiger partial charge on any atom is 0.174 e. The Labute approximate surface area is 227 Å². The molecule has 0 aliphatic carbocycles. The normalized spacial score (nSPS) is 16.9. The number of hydrogen-bond donors (Lipinski definition) is 1. The predicted molar refractivity (Wildman–Crippen MR) is 153 cm³/mol. The highest BCUT2D eigenvalue weighted by molar-refractivity contribution is 7.80. The molecule has 3 aromatic heterocycles. The first-order valence-electron chi connectivity index (χ1n) is 12.6. The number of para-hydroxylation sites is 1. The van der Waals surface area contributed by atoms with Crippen molar-refractivity contribution in [1.82, 2.24) is 19.9 Å². The van der Waals surface area contributed by atoms with Crippen LogP contribution in [0.2, 0.25) is 0 Å². The number of anilines is 1. The number of hydrogen-bond acceptors (Lipinski definition) is 4.